The summed E-state index contributed by atoms with van der Waals surface area (Å²) in [6, 6.07) is 7.47. The van der Waals surface area contributed by atoms with Crippen molar-refractivity contribution in [1.29, 1.82) is 0 Å². The molecule has 0 saturated carbocycles. The fraction of sp³-hybridized carbons (Fsp3) is 0.250. The van der Waals surface area contributed by atoms with E-state index in [4.69, 9.17) is 0 Å². The number of carbonyl (C=O) groups is 1. The fourth-order valence-electron chi connectivity index (χ4n) is 2.85. The summed E-state index contributed by atoms with van der Waals surface area (Å²) in [5.41, 5.74) is 1.25. The van der Waals surface area contributed by atoms with Crippen LogP contribution in [0.25, 0.3) is 0 Å². The molecule has 146 valence electrons. The third-order valence-corrected chi connectivity index (χ3v) is 4.37. The zero-order chi connectivity index (χ0) is 20.3. The quantitative estimate of drug-likeness (QED) is 0.702. The number of aromatic nitrogens is 3. The second-order valence-corrected chi connectivity index (χ2v) is 6.39. The zero-order valence-electron chi connectivity index (χ0n) is 15.4. The Morgan fingerprint density at radius 2 is 2.00 bits per heavy atom. The summed E-state index contributed by atoms with van der Waals surface area (Å²) < 4.78 is 41.5. The average Bonchev–Trinajstić information content (AvgIpc) is 3.08. The molecular formula is C20H19F3N4O. The lowest BCUT2D eigenvalue weighted by molar-refractivity contribution is -0.138. The molecule has 0 atom stereocenters. The molecule has 1 aromatic carbocycles. The molecule has 2 heterocycles. The van der Waals surface area contributed by atoms with E-state index in [1.165, 1.54) is 29.2 Å². The average molecular weight is 388 g/mol. The number of carbonyl (C=O) groups excluding carboxylic acids is 1. The van der Waals surface area contributed by atoms with E-state index in [0.29, 0.717) is 23.1 Å². The van der Waals surface area contributed by atoms with Crippen LogP contribution in [-0.2, 0) is 19.1 Å². The maximum atomic E-state index is 13.4. The molecule has 0 unspecified atom stereocenters. The van der Waals surface area contributed by atoms with E-state index in [9.17, 15) is 18.0 Å². The first-order valence-corrected chi connectivity index (χ1v) is 8.72. The van der Waals surface area contributed by atoms with Crippen molar-refractivity contribution >= 4 is 11.7 Å². The minimum Gasteiger partial charge on any atom is -0.305 e. The topological polar surface area (TPSA) is 59.8 Å². The molecule has 0 aliphatic carbocycles. The molecule has 3 aromatic rings. The first kappa shape index (κ1) is 19.6. The van der Waals surface area contributed by atoms with E-state index in [0.717, 1.165) is 0 Å². The van der Waals surface area contributed by atoms with Crippen molar-refractivity contribution in [2.45, 2.75) is 33.0 Å². The first-order valence-electron chi connectivity index (χ1n) is 8.72. The van der Waals surface area contributed by atoms with Crippen LogP contribution in [0, 0.1) is 6.92 Å². The van der Waals surface area contributed by atoms with Gasteiger partial charge in [-0.05, 0) is 42.2 Å². The molecule has 0 saturated heterocycles. The number of alkyl halides is 3. The van der Waals surface area contributed by atoms with Gasteiger partial charge in [0.05, 0.1) is 12.1 Å². The Balaban J connectivity index is 1.78. The van der Waals surface area contributed by atoms with E-state index < -0.39 is 11.7 Å². The Morgan fingerprint density at radius 1 is 1.21 bits per heavy atom. The molecule has 1 N–H and O–H groups in total. The number of pyridine rings is 1. The molecule has 8 heteroatoms. The van der Waals surface area contributed by atoms with Crippen molar-refractivity contribution in [3.8, 4) is 0 Å². The first-order chi connectivity index (χ1) is 13.3. The van der Waals surface area contributed by atoms with Crippen LogP contribution in [-0.4, -0.2) is 20.7 Å². The second kappa shape index (κ2) is 7.84. The SMILES string of the molecule is CCc1ccc(Cn2ccc(NC(=O)c3ccncc3C)n2)c(C(F)(F)F)c1. The van der Waals surface area contributed by atoms with Gasteiger partial charge in [0.2, 0.25) is 0 Å². The second-order valence-electron chi connectivity index (χ2n) is 6.39. The highest BCUT2D eigenvalue weighted by Crippen LogP contribution is 2.33. The highest BCUT2D eigenvalue weighted by molar-refractivity contribution is 6.04. The summed E-state index contributed by atoms with van der Waals surface area (Å²) >= 11 is 0. The van der Waals surface area contributed by atoms with E-state index in [-0.39, 0.29) is 23.8 Å². The minimum absolute atomic E-state index is 0.0526. The van der Waals surface area contributed by atoms with Crippen LogP contribution in [0.1, 0.15) is 39.5 Å². The number of hydrogen-bond acceptors (Lipinski definition) is 3. The van der Waals surface area contributed by atoms with Gasteiger partial charge in [0.15, 0.2) is 5.82 Å². The van der Waals surface area contributed by atoms with Gasteiger partial charge >= 0.3 is 6.18 Å². The van der Waals surface area contributed by atoms with Gasteiger partial charge in [0.25, 0.3) is 5.91 Å². The number of hydrogen-bond donors (Lipinski definition) is 1. The summed E-state index contributed by atoms with van der Waals surface area (Å²) in [6.45, 7) is 3.52. The molecule has 0 fully saturated rings. The molecule has 1 amide bonds. The lowest BCUT2D eigenvalue weighted by Gasteiger charge is -2.14. The van der Waals surface area contributed by atoms with Gasteiger partial charge in [-0.2, -0.15) is 18.3 Å². The van der Waals surface area contributed by atoms with Crippen molar-refractivity contribution < 1.29 is 18.0 Å². The van der Waals surface area contributed by atoms with E-state index in [1.54, 1.807) is 31.3 Å². The van der Waals surface area contributed by atoms with Crippen LogP contribution in [0.4, 0.5) is 19.0 Å². The molecular weight excluding hydrogens is 369 g/mol. The maximum absolute atomic E-state index is 13.4. The summed E-state index contributed by atoms with van der Waals surface area (Å²) in [7, 11) is 0. The van der Waals surface area contributed by atoms with Gasteiger partial charge in [0.1, 0.15) is 0 Å². The smallest absolute Gasteiger partial charge is 0.305 e. The third-order valence-electron chi connectivity index (χ3n) is 4.37. The van der Waals surface area contributed by atoms with Crippen molar-refractivity contribution in [2.75, 3.05) is 5.32 Å². The molecule has 0 aliphatic rings. The predicted molar refractivity (Wildman–Crippen MR) is 99.1 cm³/mol. The number of halogens is 3. The Kier molecular flexibility index (Phi) is 5.48. The number of nitrogens with zero attached hydrogens (tertiary/aromatic N) is 3. The molecule has 0 bridgehead atoms. The van der Waals surface area contributed by atoms with Crippen LogP contribution in [0.2, 0.25) is 0 Å². The van der Waals surface area contributed by atoms with Crippen molar-refractivity contribution in [1.82, 2.24) is 14.8 Å². The van der Waals surface area contributed by atoms with Gasteiger partial charge in [-0.15, -0.1) is 0 Å². The minimum atomic E-state index is -4.44. The van der Waals surface area contributed by atoms with Crippen molar-refractivity contribution in [3.63, 3.8) is 0 Å². The fourth-order valence-corrected chi connectivity index (χ4v) is 2.85. The van der Waals surface area contributed by atoms with Gasteiger partial charge < -0.3 is 5.32 Å². The largest absolute Gasteiger partial charge is 0.416 e. The lowest BCUT2D eigenvalue weighted by Crippen LogP contribution is -2.15. The van der Waals surface area contributed by atoms with Crippen LogP contribution >= 0.6 is 0 Å². The van der Waals surface area contributed by atoms with E-state index in [1.807, 2.05) is 6.92 Å². The number of benzene rings is 1. The lowest BCUT2D eigenvalue weighted by atomic mass is 10.0. The predicted octanol–water partition coefficient (Wildman–Crippen LogP) is 4.47. The number of anilines is 1. The van der Waals surface area contributed by atoms with Crippen LogP contribution in [0.3, 0.4) is 0 Å². The molecule has 3 rings (SSSR count). The van der Waals surface area contributed by atoms with Crippen LogP contribution in [0.5, 0.6) is 0 Å². The number of nitrogens with one attached hydrogen (secondary N) is 1. The molecule has 5 nitrogen and oxygen atoms in total. The monoisotopic (exact) mass is 388 g/mol. The Labute approximate surface area is 160 Å². The van der Waals surface area contributed by atoms with Crippen LogP contribution < -0.4 is 5.32 Å². The normalized spacial score (nSPS) is 11.5. The summed E-state index contributed by atoms with van der Waals surface area (Å²) in [5.74, 6) is -0.0895. The van der Waals surface area contributed by atoms with Crippen molar-refractivity contribution in [2.24, 2.45) is 0 Å². The van der Waals surface area contributed by atoms with Gasteiger partial charge in [-0.25, -0.2) is 0 Å². The number of rotatable bonds is 5. The highest BCUT2D eigenvalue weighted by atomic mass is 19.4. The number of amides is 1. The maximum Gasteiger partial charge on any atom is 0.416 e. The molecule has 0 radical (unpaired) electrons. The van der Waals surface area contributed by atoms with Gasteiger partial charge in [-0.1, -0.05) is 19.1 Å². The summed E-state index contributed by atoms with van der Waals surface area (Å²) in [4.78, 5) is 16.3. The summed E-state index contributed by atoms with van der Waals surface area (Å²) in [6.07, 6.45) is 0.702. The number of aryl methyl sites for hydroxylation is 2. The zero-order valence-corrected chi connectivity index (χ0v) is 15.4. The van der Waals surface area contributed by atoms with E-state index >= 15 is 0 Å². The highest BCUT2D eigenvalue weighted by Gasteiger charge is 2.33. The third kappa shape index (κ3) is 4.39. The Hall–Kier alpha value is -3.16. The summed E-state index contributed by atoms with van der Waals surface area (Å²) in [5, 5.41) is 6.82. The molecule has 0 spiro atoms. The molecule has 0 aliphatic heterocycles. The van der Waals surface area contributed by atoms with E-state index in [2.05, 4.69) is 15.4 Å². The van der Waals surface area contributed by atoms with Crippen LogP contribution in [0.15, 0.2) is 48.9 Å². The van der Waals surface area contributed by atoms with Gasteiger partial charge in [0, 0.05) is 30.2 Å². The molecule has 28 heavy (non-hydrogen) atoms. The van der Waals surface area contributed by atoms with Gasteiger partial charge in [-0.3, -0.25) is 14.5 Å². The Morgan fingerprint density at radius 3 is 2.68 bits per heavy atom. The standard InChI is InChI=1S/C20H19F3N4O/c1-3-14-4-5-15(17(10-14)20(21,22)23)12-27-9-7-18(26-27)25-19(28)16-6-8-24-11-13(16)2/h4-11H,3,12H2,1-2H3,(H,25,26,28). The van der Waals surface area contributed by atoms with Crippen molar-refractivity contribution in [3.05, 3.63) is 76.7 Å². The molecule has 2 aromatic heterocycles. The Bertz CT molecular complexity index is 995.